The van der Waals surface area contributed by atoms with Gasteiger partial charge in [0.2, 0.25) is 0 Å². The number of hydrogen-bond donors (Lipinski definition) is 0. The van der Waals surface area contributed by atoms with Crippen LogP contribution in [0.2, 0.25) is 0 Å². The third-order valence-corrected chi connectivity index (χ3v) is 3.89. The van der Waals surface area contributed by atoms with Gasteiger partial charge in [-0.1, -0.05) is 54.3 Å². The molecule has 3 aromatic rings. The second-order valence-electron chi connectivity index (χ2n) is 5.64. The van der Waals surface area contributed by atoms with E-state index in [4.69, 9.17) is 9.47 Å². The van der Waals surface area contributed by atoms with E-state index in [1.165, 1.54) is 0 Å². The molecule has 24 heavy (non-hydrogen) atoms. The fraction of sp³-hybridized carbons (Fsp3) is 0.0909. The van der Waals surface area contributed by atoms with Crippen molar-refractivity contribution >= 4 is 0 Å². The molecule has 0 N–H and O–H groups in total. The Labute approximate surface area is 141 Å². The highest BCUT2D eigenvalue weighted by Gasteiger charge is 2.06. The Morgan fingerprint density at radius 2 is 1.08 bits per heavy atom. The van der Waals surface area contributed by atoms with Crippen LogP contribution < -0.4 is 9.47 Å². The van der Waals surface area contributed by atoms with Crippen LogP contribution in [-0.4, -0.2) is 0 Å². The third kappa shape index (κ3) is 3.11. The van der Waals surface area contributed by atoms with Crippen molar-refractivity contribution in [3.8, 4) is 23.3 Å². The average molecular weight is 312 g/mol. The molecule has 0 spiro atoms. The summed E-state index contributed by atoms with van der Waals surface area (Å²) < 4.78 is 12.0. The molecule has 0 radical (unpaired) electrons. The quantitative estimate of drug-likeness (QED) is 0.567. The van der Waals surface area contributed by atoms with E-state index in [1.54, 1.807) is 0 Å². The van der Waals surface area contributed by atoms with Crippen LogP contribution >= 0.6 is 0 Å². The van der Waals surface area contributed by atoms with Crippen LogP contribution in [0.25, 0.3) is 0 Å². The van der Waals surface area contributed by atoms with Crippen LogP contribution in [0.5, 0.6) is 11.5 Å². The molecule has 2 bridgehead atoms. The van der Waals surface area contributed by atoms with Gasteiger partial charge in [-0.3, -0.25) is 0 Å². The summed E-state index contributed by atoms with van der Waals surface area (Å²) in [6.45, 7) is 1.03. The number of benzene rings is 3. The van der Waals surface area contributed by atoms with Gasteiger partial charge in [0.25, 0.3) is 0 Å². The van der Waals surface area contributed by atoms with Crippen molar-refractivity contribution in [1.29, 1.82) is 0 Å². The molecule has 1 heterocycles. The van der Waals surface area contributed by atoms with Gasteiger partial charge in [-0.2, -0.15) is 0 Å². The zero-order valence-corrected chi connectivity index (χ0v) is 13.2. The second kappa shape index (κ2) is 6.52. The van der Waals surface area contributed by atoms with Crippen molar-refractivity contribution < 1.29 is 9.47 Å². The standard InChI is InChI=1S/C22H16O2/c1-3-10-21-19(8-1)12-13-20-9-2-4-11-22(20)24-16-18-7-5-6-17(14-18)15-23-21/h1-11,14H,15-16H2. The average Bonchev–Trinajstić information content (AvgIpc) is 2.65. The molecular formula is C22H16O2. The second-order valence-corrected chi connectivity index (χ2v) is 5.64. The number of hydrogen-bond acceptors (Lipinski definition) is 2. The van der Waals surface area contributed by atoms with Gasteiger partial charge >= 0.3 is 0 Å². The molecule has 1 aliphatic heterocycles. The van der Waals surface area contributed by atoms with Gasteiger partial charge in [0.05, 0.1) is 11.1 Å². The van der Waals surface area contributed by atoms with Gasteiger partial charge in [-0.15, -0.1) is 0 Å². The summed E-state index contributed by atoms with van der Waals surface area (Å²) in [5, 5.41) is 0. The maximum atomic E-state index is 5.98. The maximum Gasteiger partial charge on any atom is 0.135 e. The molecule has 0 fully saturated rings. The van der Waals surface area contributed by atoms with Gasteiger partial charge < -0.3 is 9.47 Å². The molecule has 1 aliphatic rings. The molecule has 2 heteroatoms. The lowest BCUT2D eigenvalue weighted by Gasteiger charge is -2.10. The van der Waals surface area contributed by atoms with E-state index in [9.17, 15) is 0 Å². The minimum Gasteiger partial charge on any atom is -0.488 e. The molecule has 2 nitrogen and oxygen atoms in total. The van der Waals surface area contributed by atoms with Gasteiger partial charge in [0.1, 0.15) is 24.7 Å². The van der Waals surface area contributed by atoms with Crippen LogP contribution in [-0.2, 0) is 13.2 Å². The molecule has 0 saturated carbocycles. The Hall–Kier alpha value is -3.18. The van der Waals surface area contributed by atoms with Crippen LogP contribution in [0.15, 0.2) is 72.8 Å². The first-order valence-corrected chi connectivity index (χ1v) is 7.92. The normalized spacial score (nSPS) is 12.5. The molecule has 0 aromatic heterocycles. The fourth-order valence-corrected chi connectivity index (χ4v) is 2.66. The Bertz CT molecular complexity index is 861. The summed E-state index contributed by atoms with van der Waals surface area (Å²) in [5.41, 5.74) is 3.99. The SMILES string of the molecule is C1#Cc2ccccc2OCc2cccc(c2)COc2ccccc21. The van der Waals surface area contributed by atoms with E-state index >= 15 is 0 Å². The highest BCUT2D eigenvalue weighted by atomic mass is 16.5. The topological polar surface area (TPSA) is 18.5 Å². The summed E-state index contributed by atoms with van der Waals surface area (Å²) in [7, 11) is 0. The number of rotatable bonds is 0. The molecular weight excluding hydrogens is 296 g/mol. The minimum atomic E-state index is 0.513. The molecule has 0 unspecified atom stereocenters. The molecule has 0 aliphatic carbocycles. The first-order valence-electron chi connectivity index (χ1n) is 7.92. The largest absolute Gasteiger partial charge is 0.488 e. The maximum absolute atomic E-state index is 5.98. The Morgan fingerprint density at radius 1 is 0.583 bits per heavy atom. The van der Waals surface area contributed by atoms with Gasteiger partial charge in [0, 0.05) is 0 Å². The smallest absolute Gasteiger partial charge is 0.135 e. The summed E-state index contributed by atoms with van der Waals surface area (Å²) in [6.07, 6.45) is 0. The lowest BCUT2D eigenvalue weighted by molar-refractivity contribution is 0.299. The first kappa shape index (κ1) is 14.4. The zero-order valence-electron chi connectivity index (χ0n) is 13.2. The van der Waals surface area contributed by atoms with Crippen molar-refractivity contribution in [2.75, 3.05) is 0 Å². The minimum absolute atomic E-state index is 0.513. The predicted octanol–water partition coefficient (Wildman–Crippen LogP) is 4.56. The lowest BCUT2D eigenvalue weighted by atomic mass is 10.1. The van der Waals surface area contributed by atoms with E-state index in [1.807, 2.05) is 54.6 Å². The van der Waals surface area contributed by atoms with Crippen molar-refractivity contribution in [3.05, 3.63) is 95.1 Å². The Kier molecular flexibility index (Phi) is 3.91. The van der Waals surface area contributed by atoms with E-state index in [0.29, 0.717) is 13.2 Å². The van der Waals surface area contributed by atoms with Crippen molar-refractivity contribution in [1.82, 2.24) is 0 Å². The molecule has 0 atom stereocenters. The van der Waals surface area contributed by atoms with Gasteiger partial charge in [-0.25, -0.2) is 0 Å². The van der Waals surface area contributed by atoms with E-state index in [2.05, 4.69) is 30.0 Å². The fourth-order valence-electron chi connectivity index (χ4n) is 2.66. The van der Waals surface area contributed by atoms with E-state index < -0.39 is 0 Å². The van der Waals surface area contributed by atoms with Gasteiger partial charge in [0.15, 0.2) is 0 Å². The van der Waals surface area contributed by atoms with Crippen LogP contribution in [0.4, 0.5) is 0 Å². The Morgan fingerprint density at radius 3 is 1.62 bits per heavy atom. The number of para-hydroxylation sites is 2. The highest BCUT2D eigenvalue weighted by molar-refractivity contribution is 5.53. The summed E-state index contributed by atoms with van der Waals surface area (Å²) in [6, 6.07) is 24.0. The zero-order chi connectivity index (χ0) is 16.2. The summed E-state index contributed by atoms with van der Waals surface area (Å²) >= 11 is 0. The number of ether oxygens (including phenoxy) is 2. The lowest BCUT2D eigenvalue weighted by Crippen LogP contribution is -2.00. The van der Waals surface area contributed by atoms with E-state index in [-0.39, 0.29) is 0 Å². The molecule has 3 aromatic carbocycles. The summed E-state index contributed by atoms with van der Waals surface area (Å²) in [5.74, 6) is 8.02. The molecule has 4 rings (SSSR count). The molecule has 0 saturated heterocycles. The monoisotopic (exact) mass is 312 g/mol. The molecule has 116 valence electrons. The molecule has 0 amide bonds. The third-order valence-electron chi connectivity index (χ3n) is 3.89. The van der Waals surface area contributed by atoms with Crippen LogP contribution in [0, 0.1) is 11.8 Å². The van der Waals surface area contributed by atoms with Crippen LogP contribution in [0.3, 0.4) is 0 Å². The first-order chi connectivity index (χ1) is 11.9. The van der Waals surface area contributed by atoms with Crippen molar-refractivity contribution in [2.45, 2.75) is 13.2 Å². The van der Waals surface area contributed by atoms with Crippen molar-refractivity contribution in [2.24, 2.45) is 0 Å². The highest BCUT2D eigenvalue weighted by Crippen LogP contribution is 2.22. The Balaban J connectivity index is 1.82. The number of fused-ring (bicyclic) bond motifs is 4. The van der Waals surface area contributed by atoms with E-state index in [0.717, 1.165) is 33.8 Å². The van der Waals surface area contributed by atoms with Gasteiger partial charge in [-0.05, 0) is 41.5 Å². The predicted molar refractivity (Wildman–Crippen MR) is 94.0 cm³/mol. The van der Waals surface area contributed by atoms with Crippen molar-refractivity contribution in [3.63, 3.8) is 0 Å². The van der Waals surface area contributed by atoms with Crippen LogP contribution in [0.1, 0.15) is 22.3 Å². The summed E-state index contributed by atoms with van der Waals surface area (Å²) in [4.78, 5) is 0.